The lowest BCUT2D eigenvalue weighted by atomic mass is 10.0. The summed E-state index contributed by atoms with van der Waals surface area (Å²) in [5.74, 6) is -11.3. The SMILES string of the molecule is C[C@H](N=[P+]([O-])Oc1ccccc1OC[C@H]1O[C@@H](n2ccc(N)nc2=O)C(F)(F)[C@@]1(O)OC(=O)CN(C)C)C(=O)O. The molecule has 40 heavy (non-hydrogen) atoms. The molecule has 0 saturated carbocycles. The van der Waals surface area contributed by atoms with Crippen molar-refractivity contribution in [2.45, 2.75) is 37.0 Å². The zero-order valence-corrected chi connectivity index (χ0v) is 22.2. The van der Waals surface area contributed by atoms with Crippen molar-refractivity contribution in [1.82, 2.24) is 14.5 Å². The number of carboxylic acid groups (broad SMARTS) is 1. The smallest absolute Gasteiger partial charge is 0.395 e. The highest BCUT2D eigenvalue weighted by atomic mass is 31.1. The summed E-state index contributed by atoms with van der Waals surface area (Å²) in [6, 6.07) is 5.16. The number of hydrogen-bond donors (Lipinski definition) is 3. The van der Waals surface area contributed by atoms with Gasteiger partial charge in [-0.25, -0.2) is 9.59 Å². The van der Waals surface area contributed by atoms with E-state index in [4.69, 9.17) is 29.6 Å². The molecule has 4 N–H and O–H groups in total. The number of anilines is 1. The summed E-state index contributed by atoms with van der Waals surface area (Å²) >= 11 is 0. The van der Waals surface area contributed by atoms with Crippen LogP contribution in [-0.2, 0) is 19.1 Å². The molecule has 0 radical (unpaired) electrons. The van der Waals surface area contributed by atoms with Gasteiger partial charge in [-0.1, -0.05) is 16.9 Å². The zero-order chi connectivity index (χ0) is 29.8. The Labute approximate surface area is 226 Å². The average Bonchev–Trinajstić information content (AvgIpc) is 3.02. The van der Waals surface area contributed by atoms with E-state index in [1.165, 1.54) is 50.2 Å². The number of aliphatic hydroxyl groups is 1. The minimum atomic E-state index is -4.41. The van der Waals surface area contributed by atoms with Gasteiger partial charge in [-0.2, -0.15) is 13.8 Å². The fraction of sp³-hybridized carbons (Fsp3) is 0.455. The zero-order valence-electron chi connectivity index (χ0n) is 21.3. The molecule has 1 aromatic carbocycles. The van der Waals surface area contributed by atoms with Crippen molar-refractivity contribution < 1.29 is 52.2 Å². The van der Waals surface area contributed by atoms with E-state index in [9.17, 15) is 24.4 Å². The lowest BCUT2D eigenvalue weighted by Gasteiger charge is -2.32. The Morgan fingerprint density at radius 2 is 1.98 bits per heavy atom. The molecule has 1 aliphatic heterocycles. The van der Waals surface area contributed by atoms with Gasteiger partial charge in [0.05, 0.1) is 6.54 Å². The van der Waals surface area contributed by atoms with E-state index in [1.54, 1.807) is 0 Å². The summed E-state index contributed by atoms with van der Waals surface area (Å²) in [5, 5.41) is 20.0. The maximum absolute atomic E-state index is 15.7. The topological polar surface area (TPSA) is 211 Å². The largest absolute Gasteiger partial charge is 0.575 e. The van der Waals surface area contributed by atoms with Crippen molar-refractivity contribution in [3.05, 3.63) is 47.0 Å². The number of likely N-dealkylation sites (N-methyl/N-ethyl adjacent to an activating group) is 1. The highest BCUT2D eigenvalue weighted by molar-refractivity contribution is 7.34. The van der Waals surface area contributed by atoms with E-state index in [1.807, 2.05) is 0 Å². The molecule has 0 bridgehead atoms. The summed E-state index contributed by atoms with van der Waals surface area (Å²) in [4.78, 5) is 52.4. The second-order valence-electron chi connectivity index (χ2n) is 8.77. The number of nitrogen functional groups attached to an aromatic ring is 1. The summed E-state index contributed by atoms with van der Waals surface area (Å²) in [5.41, 5.74) is 4.20. The maximum Gasteiger partial charge on any atom is 0.395 e. The minimum Gasteiger partial charge on any atom is -0.575 e. The van der Waals surface area contributed by atoms with Gasteiger partial charge in [0.25, 0.3) is 0 Å². The normalized spacial score (nSPS) is 23.1. The lowest BCUT2D eigenvalue weighted by molar-refractivity contribution is -0.302. The molecule has 2 heterocycles. The highest BCUT2D eigenvalue weighted by Gasteiger charge is 2.73. The van der Waals surface area contributed by atoms with Crippen LogP contribution in [0.2, 0.25) is 0 Å². The molecule has 1 aromatic heterocycles. The van der Waals surface area contributed by atoms with Crippen LogP contribution in [0.3, 0.4) is 0 Å². The summed E-state index contributed by atoms with van der Waals surface area (Å²) in [6.45, 7) is -0.202. The Morgan fingerprint density at radius 3 is 2.58 bits per heavy atom. The Bertz CT molecular complexity index is 1340. The van der Waals surface area contributed by atoms with Crippen molar-refractivity contribution >= 4 is 25.9 Å². The van der Waals surface area contributed by atoms with Gasteiger partial charge in [0.15, 0.2) is 17.9 Å². The first-order chi connectivity index (χ1) is 18.7. The number of rotatable bonds is 11. The van der Waals surface area contributed by atoms with Crippen LogP contribution in [0.1, 0.15) is 13.2 Å². The van der Waals surface area contributed by atoms with Gasteiger partial charge in [-0.05, 0) is 39.2 Å². The van der Waals surface area contributed by atoms with E-state index in [2.05, 4.69) is 9.73 Å². The molecule has 1 fully saturated rings. The van der Waals surface area contributed by atoms with E-state index in [0.717, 1.165) is 12.3 Å². The van der Waals surface area contributed by atoms with Crippen LogP contribution < -0.4 is 25.6 Å². The number of aromatic nitrogens is 2. The van der Waals surface area contributed by atoms with Crippen molar-refractivity contribution in [3.63, 3.8) is 0 Å². The molecule has 0 amide bonds. The number of carboxylic acids is 1. The first kappa shape index (κ1) is 30.8. The van der Waals surface area contributed by atoms with E-state index < -0.39 is 69.0 Å². The summed E-state index contributed by atoms with van der Waals surface area (Å²) < 4.78 is 56.0. The van der Waals surface area contributed by atoms with Crippen LogP contribution in [0.5, 0.6) is 11.5 Å². The Hall–Kier alpha value is -3.76. The van der Waals surface area contributed by atoms with E-state index in [0.29, 0.717) is 4.57 Å². The van der Waals surface area contributed by atoms with E-state index in [-0.39, 0.29) is 17.3 Å². The molecule has 0 aliphatic carbocycles. The first-order valence-electron chi connectivity index (χ1n) is 11.4. The fourth-order valence-corrected chi connectivity index (χ4v) is 4.18. The molecule has 2 aromatic rings. The standard InChI is InChI=1S/C22H26F2N5O10P/c1-12(18(31)32)27-40(35)39-14-7-5-4-6-13(14)36-11-15-22(34,38-17(30)10-28(2)3)21(23,24)19(37-15)29-9-8-16(25)26-20(29)33/h4-9,12,15,19,34H,10-11H2,1-3H3,(H,31,32)(H2,25,26,33)/t12-,15+,19+,22-/m0/s1. The Morgan fingerprint density at radius 1 is 1.32 bits per heavy atom. The molecular formula is C22H26F2N5O10P. The van der Waals surface area contributed by atoms with Crippen LogP contribution in [0, 0.1) is 0 Å². The van der Waals surface area contributed by atoms with Crippen molar-refractivity contribution in [2.75, 3.05) is 33.0 Å². The molecule has 1 saturated heterocycles. The molecule has 3 rings (SSSR count). The second-order valence-corrected chi connectivity index (χ2v) is 9.66. The Kier molecular flexibility index (Phi) is 9.37. The monoisotopic (exact) mass is 589 g/mol. The summed E-state index contributed by atoms with van der Waals surface area (Å²) in [7, 11) is 0.0421. The van der Waals surface area contributed by atoms with Crippen molar-refractivity contribution in [2.24, 2.45) is 4.74 Å². The van der Waals surface area contributed by atoms with Gasteiger partial charge >= 0.3 is 37.5 Å². The number of benzene rings is 1. The number of para-hydroxylation sites is 2. The number of ether oxygens (including phenoxy) is 3. The van der Waals surface area contributed by atoms with Crippen LogP contribution in [0.4, 0.5) is 14.6 Å². The molecule has 18 heteroatoms. The third-order valence-electron chi connectivity index (χ3n) is 5.38. The third-order valence-corrected chi connectivity index (χ3v) is 6.26. The molecule has 5 atom stereocenters. The van der Waals surface area contributed by atoms with Crippen molar-refractivity contribution in [3.8, 4) is 11.5 Å². The van der Waals surface area contributed by atoms with Gasteiger partial charge < -0.3 is 35.1 Å². The van der Waals surface area contributed by atoms with Crippen LogP contribution >= 0.6 is 8.17 Å². The number of carbonyl (C=O) groups is 2. The van der Waals surface area contributed by atoms with Crippen LogP contribution in [0.25, 0.3) is 0 Å². The van der Waals surface area contributed by atoms with Gasteiger partial charge in [0.1, 0.15) is 12.4 Å². The van der Waals surface area contributed by atoms with Crippen LogP contribution in [-0.4, -0.2) is 87.7 Å². The maximum atomic E-state index is 15.7. The average molecular weight is 589 g/mol. The number of nitrogens with zero attached hydrogens (tertiary/aromatic N) is 4. The van der Waals surface area contributed by atoms with Gasteiger partial charge in [0, 0.05) is 6.20 Å². The minimum absolute atomic E-state index is 0.187. The Balaban J connectivity index is 1.92. The molecule has 1 unspecified atom stereocenters. The van der Waals surface area contributed by atoms with Crippen molar-refractivity contribution in [1.29, 1.82) is 0 Å². The molecule has 15 nitrogen and oxygen atoms in total. The third kappa shape index (κ3) is 6.68. The summed E-state index contributed by atoms with van der Waals surface area (Å²) in [6.07, 6.45) is -3.70. The van der Waals surface area contributed by atoms with Gasteiger partial charge in [0.2, 0.25) is 12.0 Å². The molecule has 1 aliphatic rings. The number of nitrogens with two attached hydrogens (primary N) is 1. The molecule has 0 spiro atoms. The molecular weight excluding hydrogens is 563 g/mol. The second kappa shape index (κ2) is 12.2. The predicted octanol–water partition coefficient (Wildman–Crippen LogP) is -0.0617. The van der Waals surface area contributed by atoms with E-state index >= 15 is 8.78 Å². The van der Waals surface area contributed by atoms with Gasteiger partial charge in [-0.3, -0.25) is 18.8 Å². The molecule has 218 valence electrons. The van der Waals surface area contributed by atoms with Crippen LogP contribution in [0.15, 0.2) is 46.1 Å². The van der Waals surface area contributed by atoms with Gasteiger partial charge in [-0.15, -0.1) is 0 Å². The number of aliphatic carboxylic acids is 1. The lowest BCUT2D eigenvalue weighted by Crippen LogP contribution is -2.58. The number of hydrogen-bond acceptors (Lipinski definition) is 13. The predicted molar refractivity (Wildman–Crippen MR) is 130 cm³/mol. The number of carbonyl (C=O) groups excluding carboxylic acids is 1. The highest BCUT2D eigenvalue weighted by Crippen LogP contribution is 2.50. The number of esters is 1. The fourth-order valence-electron chi connectivity index (χ4n) is 3.43. The number of halogens is 2. The number of alkyl halides is 2. The first-order valence-corrected chi connectivity index (χ1v) is 12.6. The quantitative estimate of drug-likeness (QED) is 0.178.